The number of amidine groups is 1. The van der Waals surface area contributed by atoms with Crippen molar-refractivity contribution in [3.63, 3.8) is 0 Å². The summed E-state index contributed by atoms with van der Waals surface area (Å²) in [7, 11) is -3.90. The van der Waals surface area contributed by atoms with Gasteiger partial charge in [-0.15, -0.1) is 0 Å². The lowest BCUT2D eigenvalue weighted by Gasteiger charge is -2.30. The molecule has 0 bridgehead atoms. The zero-order valence-corrected chi connectivity index (χ0v) is 11.4. The SMILES string of the molecule is CCOC(=O)NS(=O)(=O)N1CCC(C(N)=NO)CC1. The van der Waals surface area contributed by atoms with Crippen molar-refractivity contribution in [2.24, 2.45) is 16.8 Å². The summed E-state index contributed by atoms with van der Waals surface area (Å²) in [5.41, 5.74) is 5.46. The Morgan fingerprint density at radius 3 is 2.58 bits per heavy atom. The van der Waals surface area contributed by atoms with E-state index in [0.717, 1.165) is 4.31 Å². The molecule has 0 saturated carbocycles. The molecule has 10 heteroatoms. The number of hydrogen-bond acceptors (Lipinski definition) is 6. The fourth-order valence-electron chi connectivity index (χ4n) is 1.80. The van der Waals surface area contributed by atoms with Gasteiger partial charge >= 0.3 is 16.3 Å². The fraction of sp³-hybridized carbons (Fsp3) is 0.778. The minimum Gasteiger partial charge on any atom is -0.449 e. The Hall–Kier alpha value is -1.55. The summed E-state index contributed by atoms with van der Waals surface area (Å²) in [5.74, 6) is -0.0607. The van der Waals surface area contributed by atoms with Crippen LogP contribution < -0.4 is 10.5 Å². The van der Waals surface area contributed by atoms with Gasteiger partial charge in [0.1, 0.15) is 5.84 Å². The topological polar surface area (TPSA) is 134 Å². The standard InChI is InChI=1S/C9H18N4O5S/c1-2-18-9(14)12-19(16,17)13-5-3-7(4-6-13)8(10)11-15/h7,15H,2-6H2,1H3,(H2,10,11)(H,12,14). The number of oxime groups is 1. The summed E-state index contributed by atoms with van der Waals surface area (Å²) in [6, 6.07) is 0. The molecular weight excluding hydrogens is 276 g/mol. The number of nitrogens with zero attached hydrogens (tertiary/aromatic N) is 2. The molecule has 9 nitrogen and oxygen atoms in total. The lowest BCUT2D eigenvalue weighted by molar-refractivity contribution is 0.157. The molecule has 0 aromatic heterocycles. The molecule has 1 aliphatic rings. The van der Waals surface area contributed by atoms with Crippen molar-refractivity contribution in [2.45, 2.75) is 19.8 Å². The molecule has 19 heavy (non-hydrogen) atoms. The average molecular weight is 294 g/mol. The van der Waals surface area contributed by atoms with Gasteiger partial charge in [0.05, 0.1) is 6.61 Å². The van der Waals surface area contributed by atoms with Crippen LogP contribution in [0.15, 0.2) is 5.16 Å². The largest absolute Gasteiger partial charge is 0.449 e. The third-order valence-electron chi connectivity index (χ3n) is 2.82. The summed E-state index contributed by atoms with van der Waals surface area (Å²) in [6.45, 7) is 2.05. The number of carbonyl (C=O) groups excluding carboxylic acids is 1. The number of amides is 1. The molecule has 4 N–H and O–H groups in total. The first-order chi connectivity index (χ1) is 8.90. The molecule has 1 aliphatic heterocycles. The number of nitrogens with one attached hydrogen (secondary N) is 1. The third-order valence-corrected chi connectivity index (χ3v) is 4.28. The van der Waals surface area contributed by atoms with E-state index < -0.39 is 16.3 Å². The zero-order chi connectivity index (χ0) is 14.5. The van der Waals surface area contributed by atoms with Gasteiger partial charge in [0.2, 0.25) is 0 Å². The van der Waals surface area contributed by atoms with Gasteiger partial charge in [-0.25, -0.2) is 9.52 Å². The molecule has 1 saturated heterocycles. The second-order valence-electron chi connectivity index (χ2n) is 4.03. The number of piperidine rings is 1. The van der Waals surface area contributed by atoms with Crippen LogP contribution in [-0.2, 0) is 14.9 Å². The minimum atomic E-state index is -3.90. The maximum absolute atomic E-state index is 11.8. The highest BCUT2D eigenvalue weighted by molar-refractivity contribution is 7.87. The fourth-order valence-corrected chi connectivity index (χ4v) is 2.89. The van der Waals surface area contributed by atoms with E-state index in [-0.39, 0.29) is 31.4 Å². The molecule has 1 amide bonds. The van der Waals surface area contributed by atoms with Crippen molar-refractivity contribution in [3.05, 3.63) is 0 Å². The predicted octanol–water partition coefficient (Wildman–Crippen LogP) is -0.564. The maximum Gasteiger partial charge on any atom is 0.421 e. The van der Waals surface area contributed by atoms with E-state index in [4.69, 9.17) is 10.9 Å². The molecule has 110 valence electrons. The quantitative estimate of drug-likeness (QED) is 0.275. The molecule has 0 aromatic rings. The maximum atomic E-state index is 11.8. The van der Waals surface area contributed by atoms with Gasteiger partial charge in [0.15, 0.2) is 0 Å². The third kappa shape index (κ3) is 4.24. The Morgan fingerprint density at radius 1 is 1.53 bits per heavy atom. The first-order valence-electron chi connectivity index (χ1n) is 5.82. The van der Waals surface area contributed by atoms with E-state index in [1.807, 2.05) is 4.72 Å². The first-order valence-corrected chi connectivity index (χ1v) is 7.26. The highest BCUT2D eigenvalue weighted by Gasteiger charge is 2.31. The molecular formula is C9H18N4O5S. The summed E-state index contributed by atoms with van der Waals surface area (Å²) in [5, 5.41) is 11.5. The summed E-state index contributed by atoms with van der Waals surface area (Å²) >= 11 is 0. The molecule has 0 atom stereocenters. The number of rotatable bonds is 4. The summed E-state index contributed by atoms with van der Waals surface area (Å²) in [4.78, 5) is 11.1. The predicted molar refractivity (Wildman–Crippen MR) is 66.8 cm³/mol. The number of ether oxygens (including phenoxy) is 1. The van der Waals surface area contributed by atoms with Crippen molar-refractivity contribution in [1.82, 2.24) is 9.03 Å². The molecule has 0 aliphatic carbocycles. The number of carbonyl (C=O) groups is 1. The normalized spacial score (nSPS) is 19.1. The average Bonchev–Trinajstić information content (AvgIpc) is 2.37. The van der Waals surface area contributed by atoms with E-state index >= 15 is 0 Å². The van der Waals surface area contributed by atoms with Crippen LogP contribution in [0.5, 0.6) is 0 Å². The Balaban J connectivity index is 2.57. The van der Waals surface area contributed by atoms with Crippen molar-refractivity contribution in [1.29, 1.82) is 0 Å². The minimum absolute atomic E-state index is 0.0902. The van der Waals surface area contributed by atoms with Gasteiger partial charge in [-0.1, -0.05) is 5.16 Å². The van der Waals surface area contributed by atoms with Crippen LogP contribution in [0, 0.1) is 5.92 Å². The van der Waals surface area contributed by atoms with E-state index in [9.17, 15) is 13.2 Å². The molecule has 0 radical (unpaired) electrons. The van der Waals surface area contributed by atoms with Gasteiger partial charge in [-0.05, 0) is 19.8 Å². The smallest absolute Gasteiger partial charge is 0.421 e. The molecule has 1 rings (SSSR count). The van der Waals surface area contributed by atoms with Crippen molar-refractivity contribution < 1.29 is 23.2 Å². The molecule has 0 spiro atoms. The van der Waals surface area contributed by atoms with Crippen LogP contribution in [-0.4, -0.2) is 49.6 Å². The Kier molecular flexibility index (Phi) is 5.36. The van der Waals surface area contributed by atoms with Crippen LogP contribution >= 0.6 is 0 Å². The van der Waals surface area contributed by atoms with E-state index in [1.54, 1.807) is 6.92 Å². The number of hydrogen-bond donors (Lipinski definition) is 3. The molecule has 0 unspecified atom stereocenters. The van der Waals surface area contributed by atoms with Crippen molar-refractivity contribution in [3.8, 4) is 0 Å². The van der Waals surface area contributed by atoms with Gasteiger partial charge in [-0.2, -0.15) is 12.7 Å². The van der Waals surface area contributed by atoms with Gasteiger partial charge in [-0.3, -0.25) is 0 Å². The Labute approximate surface area is 111 Å². The lowest BCUT2D eigenvalue weighted by Crippen LogP contribution is -2.48. The summed E-state index contributed by atoms with van der Waals surface area (Å²) in [6.07, 6.45) is -0.139. The van der Waals surface area contributed by atoms with E-state index in [2.05, 4.69) is 9.89 Å². The second kappa shape index (κ2) is 6.57. The van der Waals surface area contributed by atoms with Crippen LogP contribution in [0.1, 0.15) is 19.8 Å². The van der Waals surface area contributed by atoms with E-state index in [1.165, 1.54) is 0 Å². The van der Waals surface area contributed by atoms with Gasteiger partial charge in [0.25, 0.3) is 0 Å². The Morgan fingerprint density at radius 2 is 2.11 bits per heavy atom. The van der Waals surface area contributed by atoms with Crippen LogP contribution in [0.25, 0.3) is 0 Å². The highest BCUT2D eigenvalue weighted by Crippen LogP contribution is 2.19. The van der Waals surface area contributed by atoms with E-state index in [0.29, 0.717) is 12.8 Å². The van der Waals surface area contributed by atoms with Crippen LogP contribution in [0.2, 0.25) is 0 Å². The number of nitrogens with two attached hydrogens (primary N) is 1. The lowest BCUT2D eigenvalue weighted by atomic mass is 9.97. The molecule has 0 aromatic carbocycles. The van der Waals surface area contributed by atoms with Crippen LogP contribution in [0.4, 0.5) is 4.79 Å². The van der Waals surface area contributed by atoms with Crippen LogP contribution in [0.3, 0.4) is 0 Å². The highest BCUT2D eigenvalue weighted by atomic mass is 32.2. The first kappa shape index (κ1) is 15.5. The molecule has 1 fully saturated rings. The van der Waals surface area contributed by atoms with Crippen molar-refractivity contribution >= 4 is 22.1 Å². The summed E-state index contributed by atoms with van der Waals surface area (Å²) < 4.78 is 31.1. The zero-order valence-electron chi connectivity index (χ0n) is 10.6. The monoisotopic (exact) mass is 294 g/mol. The Bertz CT molecular complexity index is 442. The van der Waals surface area contributed by atoms with Gasteiger partial charge < -0.3 is 15.7 Å². The second-order valence-corrected chi connectivity index (χ2v) is 5.70. The molecule has 1 heterocycles. The van der Waals surface area contributed by atoms with Crippen molar-refractivity contribution in [2.75, 3.05) is 19.7 Å². The van der Waals surface area contributed by atoms with Gasteiger partial charge in [0, 0.05) is 19.0 Å².